The van der Waals surface area contributed by atoms with Gasteiger partial charge in [-0.25, -0.2) is 0 Å². The van der Waals surface area contributed by atoms with Gasteiger partial charge in [-0.15, -0.1) is 10.2 Å². The fourth-order valence-electron chi connectivity index (χ4n) is 2.42. The Balaban J connectivity index is 1.71. The maximum absolute atomic E-state index is 12.2. The number of benzene rings is 2. The van der Waals surface area contributed by atoms with Crippen molar-refractivity contribution in [2.24, 2.45) is 0 Å². The van der Waals surface area contributed by atoms with Crippen molar-refractivity contribution in [3.8, 4) is 5.69 Å². The summed E-state index contributed by atoms with van der Waals surface area (Å²) in [5.74, 6) is 0.848. The van der Waals surface area contributed by atoms with Crippen molar-refractivity contribution in [2.75, 3.05) is 18.2 Å². The molecule has 1 aromatic heterocycles. The monoisotopic (exact) mass is 368 g/mol. The van der Waals surface area contributed by atoms with E-state index in [0.717, 1.165) is 16.9 Å². The molecule has 3 aromatic rings. The number of methoxy groups -OCH3 is 1. The minimum absolute atomic E-state index is 0.0882. The smallest absolute Gasteiger partial charge is 0.234 e. The average Bonchev–Trinajstić information content (AvgIpc) is 3.06. The molecule has 0 saturated carbocycles. The van der Waals surface area contributed by atoms with E-state index in [9.17, 15) is 4.79 Å². The second-order valence-electron chi connectivity index (χ2n) is 5.71. The van der Waals surface area contributed by atoms with Crippen molar-refractivity contribution in [3.05, 3.63) is 66.0 Å². The van der Waals surface area contributed by atoms with Crippen LogP contribution in [-0.4, -0.2) is 33.5 Å². The summed E-state index contributed by atoms with van der Waals surface area (Å²) < 4.78 is 7.12. The number of aryl methyl sites for hydroxylation is 1. The first-order valence-corrected chi connectivity index (χ1v) is 9.14. The van der Waals surface area contributed by atoms with Crippen LogP contribution in [0.25, 0.3) is 5.69 Å². The zero-order valence-electron chi connectivity index (χ0n) is 14.7. The van der Waals surface area contributed by atoms with E-state index < -0.39 is 0 Å². The van der Waals surface area contributed by atoms with Crippen LogP contribution in [0.2, 0.25) is 0 Å². The summed E-state index contributed by atoms with van der Waals surface area (Å²) in [5, 5.41) is 12.0. The topological polar surface area (TPSA) is 69.0 Å². The Bertz CT molecular complexity index is 863. The molecule has 3 rings (SSSR count). The van der Waals surface area contributed by atoms with Gasteiger partial charge in [-0.2, -0.15) is 0 Å². The molecule has 0 radical (unpaired) electrons. The van der Waals surface area contributed by atoms with Crippen molar-refractivity contribution in [2.45, 2.75) is 18.7 Å². The number of amides is 1. The maximum atomic E-state index is 12.2. The number of nitrogens with one attached hydrogen (secondary N) is 1. The highest BCUT2D eigenvalue weighted by molar-refractivity contribution is 7.99. The summed E-state index contributed by atoms with van der Waals surface area (Å²) in [7, 11) is 1.62. The number of carbonyl (C=O) groups excluding carboxylic acids is 1. The second kappa shape index (κ2) is 8.64. The molecule has 0 aliphatic heterocycles. The molecule has 0 saturated heterocycles. The van der Waals surface area contributed by atoms with Gasteiger partial charge in [0.05, 0.1) is 5.75 Å². The predicted molar refractivity (Wildman–Crippen MR) is 103 cm³/mol. The van der Waals surface area contributed by atoms with Gasteiger partial charge in [0.1, 0.15) is 6.61 Å². The lowest BCUT2D eigenvalue weighted by Gasteiger charge is -2.10. The first-order chi connectivity index (χ1) is 12.7. The van der Waals surface area contributed by atoms with Gasteiger partial charge < -0.3 is 10.1 Å². The number of hydrogen-bond donors (Lipinski definition) is 1. The highest BCUT2D eigenvalue weighted by Gasteiger charge is 2.15. The number of hydrogen-bond acceptors (Lipinski definition) is 5. The highest BCUT2D eigenvalue weighted by Crippen LogP contribution is 2.22. The van der Waals surface area contributed by atoms with E-state index in [4.69, 9.17) is 4.74 Å². The van der Waals surface area contributed by atoms with Gasteiger partial charge in [0.2, 0.25) is 5.91 Å². The fourth-order valence-corrected chi connectivity index (χ4v) is 3.19. The van der Waals surface area contributed by atoms with Crippen LogP contribution in [0.1, 0.15) is 11.4 Å². The Morgan fingerprint density at radius 1 is 1.12 bits per heavy atom. The summed E-state index contributed by atoms with van der Waals surface area (Å²) in [6.45, 7) is 2.35. The molecule has 0 fully saturated rings. The Hall–Kier alpha value is -2.64. The molecule has 2 aromatic carbocycles. The number of rotatable bonds is 7. The van der Waals surface area contributed by atoms with Crippen molar-refractivity contribution in [1.82, 2.24) is 14.8 Å². The van der Waals surface area contributed by atoms with Crippen LogP contribution in [0, 0.1) is 6.92 Å². The van der Waals surface area contributed by atoms with Crippen molar-refractivity contribution >= 4 is 23.4 Å². The van der Waals surface area contributed by atoms with E-state index in [0.29, 0.717) is 17.6 Å². The Morgan fingerprint density at radius 2 is 1.85 bits per heavy atom. The zero-order chi connectivity index (χ0) is 18.4. The molecule has 0 unspecified atom stereocenters. The first kappa shape index (κ1) is 18.2. The standard InChI is InChI=1S/C19H20N4O2S/c1-14-8-10-15(11-9-14)20-18(24)13-26-19-22-21-17(12-25-2)23(19)16-6-4-3-5-7-16/h3-11H,12-13H2,1-2H3,(H,20,24). The van der Waals surface area contributed by atoms with Crippen LogP contribution < -0.4 is 5.32 Å². The van der Waals surface area contributed by atoms with Crippen molar-refractivity contribution in [3.63, 3.8) is 0 Å². The molecule has 0 aliphatic rings. The van der Waals surface area contributed by atoms with Gasteiger partial charge in [0, 0.05) is 18.5 Å². The molecular weight excluding hydrogens is 348 g/mol. The van der Waals surface area contributed by atoms with Crippen molar-refractivity contribution in [1.29, 1.82) is 0 Å². The van der Waals surface area contributed by atoms with E-state index in [1.54, 1.807) is 7.11 Å². The summed E-state index contributed by atoms with van der Waals surface area (Å²) in [6.07, 6.45) is 0. The molecule has 0 spiro atoms. The number of thioether (sulfide) groups is 1. The highest BCUT2D eigenvalue weighted by atomic mass is 32.2. The number of nitrogens with zero attached hydrogens (tertiary/aromatic N) is 3. The van der Waals surface area contributed by atoms with Crippen LogP contribution in [0.15, 0.2) is 59.8 Å². The molecule has 1 N–H and O–H groups in total. The minimum Gasteiger partial charge on any atom is -0.377 e. The molecule has 7 heteroatoms. The quantitative estimate of drug-likeness (QED) is 0.647. The molecule has 1 amide bonds. The van der Waals surface area contributed by atoms with Crippen LogP contribution >= 0.6 is 11.8 Å². The number of aromatic nitrogens is 3. The van der Waals surface area contributed by atoms with Gasteiger partial charge in [-0.05, 0) is 31.2 Å². The molecular formula is C19H20N4O2S. The minimum atomic E-state index is -0.0882. The molecule has 26 heavy (non-hydrogen) atoms. The number of ether oxygens (including phenoxy) is 1. The van der Waals surface area contributed by atoms with E-state index >= 15 is 0 Å². The predicted octanol–water partition coefficient (Wildman–Crippen LogP) is 3.45. The third-order valence-electron chi connectivity index (χ3n) is 3.66. The zero-order valence-corrected chi connectivity index (χ0v) is 15.5. The van der Waals surface area contributed by atoms with Gasteiger partial charge in [0.15, 0.2) is 11.0 Å². The van der Waals surface area contributed by atoms with Gasteiger partial charge >= 0.3 is 0 Å². The van der Waals surface area contributed by atoms with Crippen LogP contribution in [0.5, 0.6) is 0 Å². The van der Waals surface area contributed by atoms with E-state index in [1.165, 1.54) is 11.8 Å². The van der Waals surface area contributed by atoms with E-state index in [2.05, 4.69) is 15.5 Å². The summed E-state index contributed by atoms with van der Waals surface area (Å²) in [6, 6.07) is 17.5. The van der Waals surface area contributed by atoms with Crippen LogP contribution in [-0.2, 0) is 16.1 Å². The normalized spacial score (nSPS) is 10.7. The second-order valence-corrected chi connectivity index (χ2v) is 6.65. The van der Waals surface area contributed by atoms with E-state index in [1.807, 2.05) is 66.1 Å². The molecule has 6 nitrogen and oxygen atoms in total. The van der Waals surface area contributed by atoms with Crippen LogP contribution in [0.3, 0.4) is 0 Å². The molecule has 0 aliphatic carbocycles. The average molecular weight is 368 g/mol. The first-order valence-electron chi connectivity index (χ1n) is 8.15. The number of anilines is 1. The van der Waals surface area contributed by atoms with Gasteiger partial charge in [0.25, 0.3) is 0 Å². The molecule has 0 bridgehead atoms. The fraction of sp³-hybridized carbons (Fsp3) is 0.211. The SMILES string of the molecule is COCc1nnc(SCC(=O)Nc2ccc(C)cc2)n1-c1ccccc1. The Morgan fingerprint density at radius 3 is 2.54 bits per heavy atom. The lowest BCUT2D eigenvalue weighted by molar-refractivity contribution is -0.113. The van der Waals surface area contributed by atoms with Crippen molar-refractivity contribution < 1.29 is 9.53 Å². The summed E-state index contributed by atoms with van der Waals surface area (Å²) in [4.78, 5) is 12.2. The Kier molecular flexibility index (Phi) is 6.04. The molecule has 0 atom stereocenters. The summed E-state index contributed by atoms with van der Waals surface area (Å²) >= 11 is 1.34. The maximum Gasteiger partial charge on any atom is 0.234 e. The third kappa shape index (κ3) is 4.50. The molecule has 134 valence electrons. The summed E-state index contributed by atoms with van der Waals surface area (Å²) in [5.41, 5.74) is 2.87. The molecule has 1 heterocycles. The number of para-hydroxylation sites is 1. The van der Waals surface area contributed by atoms with Gasteiger partial charge in [-0.3, -0.25) is 9.36 Å². The number of carbonyl (C=O) groups is 1. The van der Waals surface area contributed by atoms with Crippen LogP contribution in [0.4, 0.5) is 5.69 Å². The van der Waals surface area contributed by atoms with E-state index in [-0.39, 0.29) is 11.7 Å². The van der Waals surface area contributed by atoms with Gasteiger partial charge in [-0.1, -0.05) is 47.7 Å². The largest absolute Gasteiger partial charge is 0.377 e. The lowest BCUT2D eigenvalue weighted by atomic mass is 10.2. The third-order valence-corrected chi connectivity index (χ3v) is 4.58. The Labute approximate surface area is 156 Å². The lowest BCUT2D eigenvalue weighted by Crippen LogP contribution is -2.14.